The minimum atomic E-state index is -0.349. The summed E-state index contributed by atoms with van der Waals surface area (Å²) in [5.74, 6) is 0.210. The van der Waals surface area contributed by atoms with Gasteiger partial charge in [0.25, 0.3) is 11.7 Å². The number of rotatable bonds is 8. The van der Waals surface area contributed by atoms with Crippen LogP contribution in [0.5, 0.6) is 0 Å². The number of carbonyl (C=O) groups is 1. The fraction of sp³-hybridized carbons (Fsp3) is 0.261. The highest BCUT2D eigenvalue weighted by molar-refractivity contribution is 5.90. The summed E-state index contributed by atoms with van der Waals surface area (Å²) in [4.78, 5) is 21.0. The predicted octanol–water partition coefficient (Wildman–Crippen LogP) is 4.00. The molecule has 0 unspecified atom stereocenters. The number of nitrogens with one attached hydrogen (secondary N) is 1. The zero-order chi connectivity index (χ0) is 21.8. The van der Waals surface area contributed by atoms with Gasteiger partial charge >= 0.3 is 0 Å². The Kier molecular flexibility index (Phi) is 5.88. The lowest BCUT2D eigenvalue weighted by Crippen LogP contribution is -2.24. The minimum Gasteiger partial charge on any atom is -0.345 e. The van der Waals surface area contributed by atoms with Crippen molar-refractivity contribution in [3.63, 3.8) is 0 Å². The van der Waals surface area contributed by atoms with E-state index in [1.807, 2.05) is 31.3 Å². The molecule has 0 atom stereocenters. The number of hydrogen-bond donors (Lipinski definition) is 1. The molecule has 0 fully saturated rings. The van der Waals surface area contributed by atoms with E-state index in [-0.39, 0.29) is 11.7 Å². The molecule has 3 heterocycles. The number of amides is 1. The Bertz CT molecular complexity index is 1240. The molecule has 0 radical (unpaired) electrons. The second kappa shape index (κ2) is 8.91. The van der Waals surface area contributed by atoms with Crippen LogP contribution in [0.15, 0.2) is 47.9 Å². The van der Waals surface area contributed by atoms with Crippen LogP contribution < -0.4 is 5.32 Å². The summed E-state index contributed by atoms with van der Waals surface area (Å²) in [6.07, 6.45) is 7.90. The van der Waals surface area contributed by atoms with Gasteiger partial charge in [-0.2, -0.15) is 10.1 Å². The molecule has 1 aromatic carbocycles. The molecule has 0 aliphatic heterocycles. The maximum absolute atomic E-state index is 12.4. The average molecular weight is 416 g/mol. The molecule has 1 amide bonds. The first-order valence-corrected chi connectivity index (χ1v) is 10.3. The lowest BCUT2D eigenvalue weighted by Gasteiger charge is -2.10. The predicted molar refractivity (Wildman–Crippen MR) is 117 cm³/mol. The highest BCUT2D eigenvalue weighted by Gasteiger charge is 2.15. The van der Waals surface area contributed by atoms with Gasteiger partial charge in [-0.1, -0.05) is 43.3 Å². The summed E-state index contributed by atoms with van der Waals surface area (Å²) >= 11 is 0. The van der Waals surface area contributed by atoms with Gasteiger partial charge in [0.05, 0.1) is 11.2 Å². The lowest BCUT2D eigenvalue weighted by molar-refractivity contribution is 0.0937. The van der Waals surface area contributed by atoms with E-state index in [1.165, 1.54) is 0 Å². The molecule has 158 valence electrons. The largest absolute Gasteiger partial charge is 0.345 e. The molecule has 3 aromatic heterocycles. The van der Waals surface area contributed by atoms with Gasteiger partial charge in [0, 0.05) is 24.7 Å². The van der Waals surface area contributed by atoms with Crippen molar-refractivity contribution in [2.45, 2.75) is 39.7 Å². The number of nitrogens with zero attached hydrogens (tertiary/aromatic N) is 5. The number of aromatic nitrogens is 5. The Morgan fingerprint density at radius 2 is 2.19 bits per heavy atom. The van der Waals surface area contributed by atoms with Gasteiger partial charge in [-0.25, -0.2) is 9.50 Å². The van der Waals surface area contributed by atoms with E-state index in [4.69, 9.17) is 4.52 Å². The zero-order valence-electron chi connectivity index (χ0n) is 17.6. The molecular weight excluding hydrogens is 392 g/mol. The Morgan fingerprint density at radius 3 is 2.97 bits per heavy atom. The summed E-state index contributed by atoms with van der Waals surface area (Å²) < 4.78 is 6.93. The number of hydrogen-bond acceptors (Lipinski definition) is 6. The molecule has 1 N–H and O–H groups in total. The van der Waals surface area contributed by atoms with Crippen molar-refractivity contribution in [3.05, 3.63) is 71.8 Å². The van der Waals surface area contributed by atoms with Crippen molar-refractivity contribution in [1.29, 1.82) is 0 Å². The number of fused-ring (bicyclic) bond motifs is 1. The second-order valence-electron chi connectivity index (χ2n) is 7.36. The third kappa shape index (κ3) is 4.37. The molecule has 0 aliphatic carbocycles. The minimum absolute atomic E-state index is 0.0648. The fourth-order valence-electron chi connectivity index (χ4n) is 3.36. The molecule has 4 rings (SSSR count). The van der Waals surface area contributed by atoms with Gasteiger partial charge in [0.1, 0.15) is 6.33 Å². The van der Waals surface area contributed by atoms with E-state index in [0.717, 1.165) is 46.3 Å². The van der Waals surface area contributed by atoms with Gasteiger partial charge in [-0.3, -0.25) is 4.79 Å². The fourth-order valence-corrected chi connectivity index (χ4v) is 3.36. The van der Waals surface area contributed by atoms with Crippen molar-refractivity contribution in [3.8, 4) is 11.3 Å². The number of aryl methyl sites for hydroxylation is 2. The Balaban J connectivity index is 1.48. The number of benzene rings is 1. The van der Waals surface area contributed by atoms with Gasteiger partial charge in [-0.15, -0.1) is 0 Å². The van der Waals surface area contributed by atoms with Gasteiger partial charge in [-0.05, 0) is 42.2 Å². The summed E-state index contributed by atoms with van der Waals surface area (Å²) in [5, 5.41) is 10.9. The van der Waals surface area contributed by atoms with Crippen LogP contribution in [0.1, 0.15) is 53.0 Å². The smallest absolute Gasteiger partial charge is 0.292 e. The van der Waals surface area contributed by atoms with Crippen LogP contribution in [0.4, 0.5) is 0 Å². The molecule has 0 saturated carbocycles. The maximum Gasteiger partial charge on any atom is 0.292 e. The highest BCUT2D eigenvalue weighted by atomic mass is 16.5. The van der Waals surface area contributed by atoms with Crippen LogP contribution in [0.25, 0.3) is 22.9 Å². The third-order valence-corrected chi connectivity index (χ3v) is 5.13. The topological polar surface area (TPSA) is 98.2 Å². The molecular formula is C23H24N6O2. The molecule has 4 aromatic rings. The van der Waals surface area contributed by atoms with Crippen molar-refractivity contribution >= 4 is 17.5 Å². The van der Waals surface area contributed by atoms with Crippen LogP contribution in [0.2, 0.25) is 0 Å². The van der Waals surface area contributed by atoms with E-state index >= 15 is 0 Å². The Hall–Kier alpha value is -3.81. The summed E-state index contributed by atoms with van der Waals surface area (Å²) in [6.45, 7) is 8.28. The van der Waals surface area contributed by atoms with Crippen LogP contribution in [-0.2, 0) is 13.0 Å². The number of unbranched alkanes of at least 4 members (excludes halogenated alkanes) is 1. The summed E-state index contributed by atoms with van der Waals surface area (Å²) in [6, 6.07) is 8.05. The van der Waals surface area contributed by atoms with Crippen molar-refractivity contribution in [1.82, 2.24) is 30.1 Å². The van der Waals surface area contributed by atoms with E-state index < -0.39 is 0 Å². The quantitative estimate of drug-likeness (QED) is 0.466. The first-order valence-electron chi connectivity index (χ1n) is 10.3. The standard InChI is InChI=1S/C23H24N6O2/c1-4-6-7-20-27-22(28-31-20)23(30)24-12-18-9-8-17(10-15(18)3)21-19-11-16(5-2)13-29(19)26-14-25-21/h5,8-11,13-14H,2,4,6-7,12H2,1,3H3,(H,24,30). The molecule has 31 heavy (non-hydrogen) atoms. The average Bonchev–Trinajstić information content (AvgIpc) is 3.43. The third-order valence-electron chi connectivity index (χ3n) is 5.13. The molecule has 0 aliphatic rings. The van der Waals surface area contributed by atoms with Crippen LogP contribution in [-0.4, -0.2) is 30.6 Å². The first-order chi connectivity index (χ1) is 15.1. The molecule has 0 bridgehead atoms. The molecule has 8 heteroatoms. The van der Waals surface area contributed by atoms with Gasteiger partial charge in [0.2, 0.25) is 5.89 Å². The SMILES string of the molecule is C=Cc1cc2c(-c3ccc(CNC(=O)c4noc(CCCC)n4)c(C)c3)ncnn2c1. The van der Waals surface area contributed by atoms with E-state index in [2.05, 4.69) is 45.1 Å². The van der Waals surface area contributed by atoms with Crippen LogP contribution >= 0.6 is 0 Å². The maximum atomic E-state index is 12.4. The Labute approximate surface area is 180 Å². The van der Waals surface area contributed by atoms with Crippen molar-refractivity contribution < 1.29 is 9.32 Å². The number of carbonyl (C=O) groups excluding carboxylic acids is 1. The van der Waals surface area contributed by atoms with E-state index in [9.17, 15) is 4.79 Å². The lowest BCUT2D eigenvalue weighted by atomic mass is 10.0. The van der Waals surface area contributed by atoms with Gasteiger partial charge in [0.15, 0.2) is 0 Å². The Morgan fingerprint density at radius 1 is 1.32 bits per heavy atom. The normalized spacial score (nSPS) is 11.0. The monoisotopic (exact) mass is 416 g/mol. The second-order valence-corrected chi connectivity index (χ2v) is 7.36. The summed E-state index contributed by atoms with van der Waals surface area (Å²) in [7, 11) is 0. The van der Waals surface area contributed by atoms with Crippen LogP contribution in [0.3, 0.4) is 0 Å². The highest BCUT2D eigenvalue weighted by Crippen LogP contribution is 2.25. The van der Waals surface area contributed by atoms with E-state index in [1.54, 1.807) is 16.9 Å². The van der Waals surface area contributed by atoms with E-state index in [0.29, 0.717) is 18.9 Å². The summed E-state index contributed by atoms with van der Waals surface area (Å²) in [5.41, 5.74) is 5.76. The van der Waals surface area contributed by atoms with Gasteiger partial charge < -0.3 is 9.84 Å². The van der Waals surface area contributed by atoms with Crippen molar-refractivity contribution in [2.24, 2.45) is 0 Å². The van der Waals surface area contributed by atoms with Crippen molar-refractivity contribution in [2.75, 3.05) is 0 Å². The van der Waals surface area contributed by atoms with Crippen LogP contribution in [0, 0.1) is 6.92 Å². The molecule has 0 spiro atoms. The first kappa shape index (κ1) is 20.5. The molecule has 0 saturated heterocycles. The molecule has 8 nitrogen and oxygen atoms in total. The zero-order valence-corrected chi connectivity index (χ0v) is 17.6.